The van der Waals surface area contributed by atoms with Crippen LogP contribution >= 0.6 is 0 Å². The van der Waals surface area contributed by atoms with Crippen LogP contribution in [0.5, 0.6) is 0 Å². The Balaban J connectivity index is 2.08. The minimum Gasteiger partial charge on any atom is -0.329 e. The molecule has 0 aromatic heterocycles. The lowest BCUT2D eigenvalue weighted by atomic mass is 9.88. The van der Waals surface area contributed by atoms with Crippen molar-refractivity contribution in [3.05, 3.63) is 0 Å². The number of likely N-dealkylation sites (tertiary alicyclic amines) is 1. The summed E-state index contributed by atoms with van der Waals surface area (Å²) in [4.78, 5) is 5.12. The SMILES string of the molecule is CC1CN(C2(CN)CCCCCC2)CC1N(C)C. The van der Waals surface area contributed by atoms with Gasteiger partial charge >= 0.3 is 0 Å². The molecular formula is C15H31N3. The van der Waals surface area contributed by atoms with E-state index in [1.165, 1.54) is 51.6 Å². The van der Waals surface area contributed by atoms with Crippen LogP contribution in [-0.4, -0.2) is 55.1 Å². The molecule has 0 aromatic carbocycles. The summed E-state index contributed by atoms with van der Waals surface area (Å²) in [6.45, 7) is 5.69. The van der Waals surface area contributed by atoms with Crippen molar-refractivity contribution in [2.24, 2.45) is 11.7 Å². The van der Waals surface area contributed by atoms with Crippen molar-refractivity contribution in [2.45, 2.75) is 57.0 Å². The van der Waals surface area contributed by atoms with E-state index in [-0.39, 0.29) is 0 Å². The summed E-state index contributed by atoms with van der Waals surface area (Å²) < 4.78 is 0. The van der Waals surface area contributed by atoms with Crippen LogP contribution in [0, 0.1) is 5.92 Å². The molecule has 106 valence electrons. The molecule has 1 aliphatic carbocycles. The highest BCUT2D eigenvalue weighted by Gasteiger charge is 2.42. The van der Waals surface area contributed by atoms with Crippen LogP contribution in [-0.2, 0) is 0 Å². The fraction of sp³-hybridized carbons (Fsp3) is 1.00. The van der Waals surface area contributed by atoms with E-state index in [0.29, 0.717) is 11.6 Å². The topological polar surface area (TPSA) is 32.5 Å². The van der Waals surface area contributed by atoms with Crippen molar-refractivity contribution < 1.29 is 0 Å². The predicted molar refractivity (Wildman–Crippen MR) is 77.7 cm³/mol. The van der Waals surface area contributed by atoms with E-state index in [0.717, 1.165) is 12.5 Å². The van der Waals surface area contributed by atoms with Crippen LogP contribution in [0.1, 0.15) is 45.4 Å². The summed E-state index contributed by atoms with van der Waals surface area (Å²) in [6, 6.07) is 0.705. The lowest BCUT2D eigenvalue weighted by Gasteiger charge is -2.41. The maximum atomic E-state index is 6.20. The van der Waals surface area contributed by atoms with E-state index >= 15 is 0 Å². The molecule has 0 aromatic rings. The minimum atomic E-state index is 0.315. The third kappa shape index (κ3) is 2.73. The molecule has 1 saturated carbocycles. The third-order valence-corrected chi connectivity index (χ3v) is 5.32. The second-order valence-electron chi connectivity index (χ2n) is 6.76. The van der Waals surface area contributed by atoms with Gasteiger partial charge in [-0.25, -0.2) is 0 Å². The van der Waals surface area contributed by atoms with Gasteiger partial charge in [0, 0.05) is 31.2 Å². The van der Waals surface area contributed by atoms with E-state index in [2.05, 4.69) is 30.8 Å². The summed E-state index contributed by atoms with van der Waals surface area (Å²) in [6.07, 6.45) is 8.18. The smallest absolute Gasteiger partial charge is 0.0332 e. The molecule has 2 N–H and O–H groups in total. The molecule has 1 heterocycles. The van der Waals surface area contributed by atoms with E-state index in [9.17, 15) is 0 Å². The van der Waals surface area contributed by atoms with Gasteiger partial charge in [0.2, 0.25) is 0 Å². The first-order valence-corrected chi connectivity index (χ1v) is 7.70. The molecule has 0 amide bonds. The van der Waals surface area contributed by atoms with E-state index < -0.39 is 0 Å². The first-order valence-electron chi connectivity index (χ1n) is 7.70. The van der Waals surface area contributed by atoms with Gasteiger partial charge in [-0.05, 0) is 32.9 Å². The van der Waals surface area contributed by atoms with Crippen molar-refractivity contribution >= 4 is 0 Å². The zero-order chi connectivity index (χ0) is 13.2. The maximum Gasteiger partial charge on any atom is 0.0332 e. The Morgan fingerprint density at radius 3 is 2.17 bits per heavy atom. The fourth-order valence-electron chi connectivity index (χ4n) is 4.05. The first kappa shape index (κ1) is 14.3. The monoisotopic (exact) mass is 253 g/mol. The van der Waals surface area contributed by atoms with Gasteiger partial charge in [0.15, 0.2) is 0 Å². The Hall–Kier alpha value is -0.120. The number of hydrogen-bond acceptors (Lipinski definition) is 3. The highest BCUT2D eigenvalue weighted by atomic mass is 15.3. The molecular weight excluding hydrogens is 222 g/mol. The number of nitrogens with zero attached hydrogens (tertiary/aromatic N) is 2. The molecule has 2 atom stereocenters. The predicted octanol–water partition coefficient (Wildman–Crippen LogP) is 1.92. The molecule has 3 heteroatoms. The van der Waals surface area contributed by atoms with Crippen LogP contribution < -0.4 is 5.73 Å². The van der Waals surface area contributed by atoms with Gasteiger partial charge in [0.05, 0.1) is 0 Å². The van der Waals surface area contributed by atoms with Crippen molar-refractivity contribution in [2.75, 3.05) is 33.7 Å². The Morgan fingerprint density at radius 1 is 1.11 bits per heavy atom. The van der Waals surface area contributed by atoms with Gasteiger partial charge in [0.1, 0.15) is 0 Å². The average molecular weight is 253 g/mol. The van der Waals surface area contributed by atoms with E-state index in [4.69, 9.17) is 5.73 Å². The molecule has 1 saturated heterocycles. The average Bonchev–Trinajstić information content (AvgIpc) is 2.61. The van der Waals surface area contributed by atoms with Crippen LogP contribution in [0.4, 0.5) is 0 Å². The van der Waals surface area contributed by atoms with E-state index in [1.807, 2.05) is 0 Å². The second kappa shape index (κ2) is 5.89. The van der Waals surface area contributed by atoms with Crippen molar-refractivity contribution in [1.29, 1.82) is 0 Å². The van der Waals surface area contributed by atoms with Gasteiger partial charge in [-0.2, -0.15) is 0 Å². The van der Waals surface area contributed by atoms with Gasteiger partial charge in [0.25, 0.3) is 0 Å². The Morgan fingerprint density at radius 2 is 1.72 bits per heavy atom. The lowest BCUT2D eigenvalue weighted by Crippen LogP contribution is -2.53. The fourth-order valence-corrected chi connectivity index (χ4v) is 4.05. The molecule has 18 heavy (non-hydrogen) atoms. The Labute approximate surface area is 113 Å². The molecule has 3 nitrogen and oxygen atoms in total. The third-order valence-electron chi connectivity index (χ3n) is 5.32. The highest BCUT2D eigenvalue weighted by molar-refractivity contribution is 4.99. The molecule has 1 aliphatic heterocycles. The summed E-state index contributed by atoms with van der Waals surface area (Å²) in [5, 5.41) is 0. The summed E-state index contributed by atoms with van der Waals surface area (Å²) in [5.74, 6) is 0.770. The number of nitrogens with two attached hydrogens (primary N) is 1. The zero-order valence-corrected chi connectivity index (χ0v) is 12.5. The lowest BCUT2D eigenvalue weighted by molar-refractivity contribution is 0.0960. The molecule has 0 radical (unpaired) electrons. The molecule has 2 unspecified atom stereocenters. The first-order chi connectivity index (χ1) is 8.59. The van der Waals surface area contributed by atoms with Crippen LogP contribution in [0.15, 0.2) is 0 Å². The molecule has 0 bridgehead atoms. The summed E-state index contributed by atoms with van der Waals surface area (Å²) >= 11 is 0. The molecule has 2 aliphatic rings. The normalized spacial score (nSPS) is 33.8. The van der Waals surface area contributed by atoms with Gasteiger partial charge in [-0.1, -0.05) is 32.6 Å². The molecule has 2 rings (SSSR count). The standard InChI is InChI=1S/C15H31N3/c1-13-10-18(11-14(13)17(2)3)15(12-16)8-6-4-5-7-9-15/h13-14H,4-12,16H2,1-3H3. The van der Waals surface area contributed by atoms with Crippen LogP contribution in [0.2, 0.25) is 0 Å². The van der Waals surface area contributed by atoms with Gasteiger partial charge < -0.3 is 10.6 Å². The van der Waals surface area contributed by atoms with Crippen molar-refractivity contribution in [1.82, 2.24) is 9.80 Å². The highest BCUT2D eigenvalue weighted by Crippen LogP contribution is 2.36. The molecule has 0 spiro atoms. The second-order valence-corrected chi connectivity index (χ2v) is 6.76. The summed E-state index contributed by atoms with van der Waals surface area (Å²) in [7, 11) is 4.43. The summed E-state index contributed by atoms with van der Waals surface area (Å²) in [5.41, 5.74) is 6.51. The largest absolute Gasteiger partial charge is 0.329 e. The maximum absolute atomic E-state index is 6.20. The quantitative estimate of drug-likeness (QED) is 0.780. The number of rotatable bonds is 3. The van der Waals surface area contributed by atoms with Crippen molar-refractivity contribution in [3.8, 4) is 0 Å². The van der Waals surface area contributed by atoms with Crippen LogP contribution in [0.25, 0.3) is 0 Å². The van der Waals surface area contributed by atoms with Gasteiger partial charge in [-0.15, -0.1) is 0 Å². The Kier molecular flexibility index (Phi) is 4.68. The number of likely N-dealkylation sites (N-methyl/N-ethyl adjacent to an activating group) is 1. The van der Waals surface area contributed by atoms with Crippen LogP contribution in [0.3, 0.4) is 0 Å². The van der Waals surface area contributed by atoms with Gasteiger partial charge in [-0.3, -0.25) is 4.90 Å². The van der Waals surface area contributed by atoms with Crippen molar-refractivity contribution in [3.63, 3.8) is 0 Å². The van der Waals surface area contributed by atoms with E-state index in [1.54, 1.807) is 0 Å². The molecule has 2 fully saturated rings. The zero-order valence-electron chi connectivity index (χ0n) is 12.5. The Bertz CT molecular complexity index is 256. The minimum absolute atomic E-state index is 0.315. The number of hydrogen-bond donors (Lipinski definition) is 1.